The van der Waals surface area contributed by atoms with Crippen molar-refractivity contribution in [2.75, 3.05) is 0 Å². The molecular formula is C21H23F3O3S. The Balaban J connectivity index is 1.76. The number of benzene rings is 2. The minimum Gasteiger partial charge on any atom is -0.256 e. The zero-order valence-electron chi connectivity index (χ0n) is 15.4. The van der Waals surface area contributed by atoms with Gasteiger partial charge in [-0.1, -0.05) is 60.7 Å². The Labute approximate surface area is 163 Å². The van der Waals surface area contributed by atoms with Crippen LogP contribution in [0, 0.1) is 5.92 Å². The van der Waals surface area contributed by atoms with E-state index in [0.29, 0.717) is 18.8 Å². The first kappa shape index (κ1) is 20.9. The van der Waals surface area contributed by atoms with Gasteiger partial charge in [-0.3, -0.25) is 4.18 Å². The molecule has 0 aliphatic heterocycles. The van der Waals surface area contributed by atoms with Gasteiger partial charge in [-0.05, 0) is 49.1 Å². The lowest BCUT2D eigenvalue weighted by Gasteiger charge is -2.39. The topological polar surface area (TPSA) is 43.4 Å². The van der Waals surface area contributed by atoms with E-state index in [0.717, 1.165) is 12.0 Å². The van der Waals surface area contributed by atoms with Crippen LogP contribution in [-0.4, -0.2) is 19.5 Å². The highest BCUT2D eigenvalue weighted by molar-refractivity contribution is 7.87. The van der Waals surface area contributed by atoms with Gasteiger partial charge in [-0.15, -0.1) is 0 Å². The van der Waals surface area contributed by atoms with Crippen molar-refractivity contribution in [2.45, 2.75) is 49.6 Å². The molecule has 0 heterocycles. The normalized spacial score (nSPS) is 23.5. The number of halogens is 3. The molecule has 0 unspecified atom stereocenters. The molecule has 1 saturated carbocycles. The maximum atomic E-state index is 12.9. The summed E-state index contributed by atoms with van der Waals surface area (Å²) in [6.45, 7) is 0. The molecule has 0 aromatic heterocycles. The van der Waals surface area contributed by atoms with E-state index in [9.17, 15) is 21.6 Å². The molecule has 7 heteroatoms. The van der Waals surface area contributed by atoms with Crippen LogP contribution in [0.15, 0.2) is 60.7 Å². The van der Waals surface area contributed by atoms with E-state index in [1.54, 1.807) is 30.3 Å². The second-order valence-corrected chi connectivity index (χ2v) is 9.00. The highest BCUT2D eigenvalue weighted by Gasteiger charge is 2.52. The molecule has 1 aliphatic carbocycles. The van der Waals surface area contributed by atoms with E-state index in [1.165, 1.54) is 5.56 Å². The van der Waals surface area contributed by atoms with Gasteiger partial charge in [0.05, 0.1) is 5.60 Å². The third kappa shape index (κ3) is 5.14. The van der Waals surface area contributed by atoms with Crippen LogP contribution >= 0.6 is 0 Å². The lowest BCUT2D eigenvalue weighted by Crippen LogP contribution is -2.44. The molecule has 3 rings (SSSR count). The lowest BCUT2D eigenvalue weighted by atomic mass is 9.74. The minimum atomic E-state index is -5.65. The van der Waals surface area contributed by atoms with Gasteiger partial charge in [0.2, 0.25) is 0 Å². The Kier molecular flexibility index (Phi) is 6.15. The fourth-order valence-corrected chi connectivity index (χ4v) is 4.68. The summed E-state index contributed by atoms with van der Waals surface area (Å²) in [4.78, 5) is 0. The van der Waals surface area contributed by atoms with Crippen LogP contribution in [0.5, 0.6) is 0 Å². The fraction of sp³-hybridized carbons (Fsp3) is 0.429. The SMILES string of the molecule is O=S(=O)(OC1(Cc2ccccc2)CCC(Cc2ccccc2)CC1)C(F)(F)F. The summed E-state index contributed by atoms with van der Waals surface area (Å²) in [5, 5.41) is 0. The largest absolute Gasteiger partial charge is 0.523 e. The van der Waals surface area contributed by atoms with Gasteiger partial charge in [0.15, 0.2) is 0 Å². The summed E-state index contributed by atoms with van der Waals surface area (Å²) in [6.07, 6.45) is 2.75. The van der Waals surface area contributed by atoms with Gasteiger partial charge < -0.3 is 0 Å². The average Bonchev–Trinajstić information content (AvgIpc) is 2.64. The molecule has 0 N–H and O–H groups in total. The molecule has 0 saturated heterocycles. The first-order valence-corrected chi connectivity index (χ1v) is 10.7. The van der Waals surface area contributed by atoms with Crippen LogP contribution in [0.3, 0.4) is 0 Å². The fourth-order valence-electron chi connectivity index (χ4n) is 3.89. The monoisotopic (exact) mass is 412 g/mol. The summed E-state index contributed by atoms with van der Waals surface area (Å²) < 4.78 is 67.2. The summed E-state index contributed by atoms with van der Waals surface area (Å²) in [5.74, 6) is 0.295. The summed E-state index contributed by atoms with van der Waals surface area (Å²) in [5.41, 5.74) is -4.84. The second kappa shape index (κ2) is 8.25. The summed E-state index contributed by atoms with van der Waals surface area (Å²) in [6, 6.07) is 18.8. The predicted molar refractivity (Wildman–Crippen MR) is 101 cm³/mol. The van der Waals surface area contributed by atoms with Crippen molar-refractivity contribution in [3.8, 4) is 0 Å². The number of alkyl halides is 3. The van der Waals surface area contributed by atoms with Crippen LogP contribution in [-0.2, 0) is 27.1 Å². The summed E-state index contributed by atoms with van der Waals surface area (Å²) >= 11 is 0. The van der Waals surface area contributed by atoms with E-state index in [1.807, 2.05) is 30.3 Å². The zero-order chi connectivity index (χ0) is 20.3. The van der Waals surface area contributed by atoms with E-state index < -0.39 is 21.2 Å². The number of rotatable bonds is 6. The maximum absolute atomic E-state index is 12.9. The predicted octanol–water partition coefficient (Wildman–Crippen LogP) is 5.27. The standard InChI is InChI=1S/C21H23F3O3S/c22-21(23,24)28(25,26)27-20(16-19-9-5-2-6-10-19)13-11-18(12-14-20)15-17-7-3-1-4-8-17/h1-10,18H,11-16H2. The Morgan fingerprint density at radius 2 is 1.39 bits per heavy atom. The Morgan fingerprint density at radius 3 is 1.89 bits per heavy atom. The van der Waals surface area contributed by atoms with Gasteiger partial charge in [-0.2, -0.15) is 21.6 Å². The van der Waals surface area contributed by atoms with Crippen molar-refractivity contribution in [1.29, 1.82) is 0 Å². The van der Waals surface area contributed by atoms with E-state index in [2.05, 4.69) is 0 Å². The van der Waals surface area contributed by atoms with E-state index in [-0.39, 0.29) is 19.3 Å². The first-order chi connectivity index (χ1) is 13.2. The molecule has 2 aromatic rings. The van der Waals surface area contributed by atoms with Crippen LogP contribution in [0.2, 0.25) is 0 Å². The smallest absolute Gasteiger partial charge is 0.256 e. The molecule has 1 fully saturated rings. The molecular weight excluding hydrogens is 389 g/mol. The van der Waals surface area contributed by atoms with Crippen LogP contribution in [0.1, 0.15) is 36.8 Å². The Hall–Kier alpha value is -1.86. The average molecular weight is 412 g/mol. The van der Waals surface area contributed by atoms with Crippen LogP contribution < -0.4 is 0 Å². The molecule has 0 amide bonds. The number of hydrogen-bond acceptors (Lipinski definition) is 3. The maximum Gasteiger partial charge on any atom is 0.523 e. The van der Waals surface area contributed by atoms with Crippen molar-refractivity contribution in [1.82, 2.24) is 0 Å². The zero-order valence-corrected chi connectivity index (χ0v) is 16.2. The van der Waals surface area contributed by atoms with Crippen molar-refractivity contribution in [3.63, 3.8) is 0 Å². The van der Waals surface area contributed by atoms with E-state index >= 15 is 0 Å². The molecule has 28 heavy (non-hydrogen) atoms. The Bertz CT molecular complexity index is 857. The van der Waals surface area contributed by atoms with Gasteiger partial charge in [0.25, 0.3) is 0 Å². The third-order valence-corrected chi connectivity index (χ3v) is 6.46. The van der Waals surface area contributed by atoms with Crippen LogP contribution in [0.4, 0.5) is 13.2 Å². The molecule has 2 aromatic carbocycles. The highest BCUT2D eigenvalue weighted by atomic mass is 32.2. The van der Waals surface area contributed by atoms with Gasteiger partial charge >= 0.3 is 15.6 Å². The molecule has 3 nitrogen and oxygen atoms in total. The van der Waals surface area contributed by atoms with Crippen molar-refractivity contribution in [3.05, 3.63) is 71.8 Å². The van der Waals surface area contributed by atoms with Crippen molar-refractivity contribution in [2.24, 2.45) is 5.92 Å². The minimum absolute atomic E-state index is 0.140. The number of hydrogen-bond donors (Lipinski definition) is 0. The first-order valence-electron chi connectivity index (χ1n) is 9.29. The van der Waals surface area contributed by atoms with E-state index in [4.69, 9.17) is 4.18 Å². The quantitative estimate of drug-likeness (QED) is 0.480. The lowest BCUT2D eigenvalue weighted by molar-refractivity contribution is -0.0716. The molecule has 0 atom stereocenters. The van der Waals surface area contributed by atoms with Crippen LogP contribution in [0.25, 0.3) is 0 Å². The second-order valence-electron chi connectivity index (χ2n) is 7.46. The Morgan fingerprint density at radius 1 is 0.893 bits per heavy atom. The molecule has 0 radical (unpaired) electrons. The molecule has 0 bridgehead atoms. The van der Waals surface area contributed by atoms with Gasteiger partial charge in [0, 0.05) is 6.42 Å². The van der Waals surface area contributed by atoms with Crippen molar-refractivity contribution >= 4 is 10.1 Å². The molecule has 1 aliphatic rings. The summed E-state index contributed by atoms with van der Waals surface area (Å²) in [7, 11) is -5.65. The highest BCUT2D eigenvalue weighted by Crippen LogP contribution is 2.42. The van der Waals surface area contributed by atoms with Gasteiger partial charge in [0.1, 0.15) is 0 Å². The van der Waals surface area contributed by atoms with Crippen molar-refractivity contribution < 1.29 is 25.8 Å². The molecule has 0 spiro atoms. The third-order valence-electron chi connectivity index (χ3n) is 5.32. The molecule has 152 valence electrons. The van der Waals surface area contributed by atoms with Gasteiger partial charge in [-0.25, -0.2) is 0 Å².